The van der Waals surface area contributed by atoms with Gasteiger partial charge in [0, 0.05) is 54.4 Å². The Kier molecular flexibility index (Phi) is 4.92. The number of piperidine rings is 1. The predicted octanol–water partition coefficient (Wildman–Crippen LogP) is 3.41. The van der Waals surface area contributed by atoms with E-state index in [1.165, 1.54) is 23.8 Å². The van der Waals surface area contributed by atoms with Crippen LogP contribution in [-0.2, 0) is 11.2 Å². The molecule has 0 radical (unpaired) electrons. The van der Waals surface area contributed by atoms with Crippen LogP contribution in [0.5, 0.6) is 0 Å². The van der Waals surface area contributed by atoms with Crippen molar-refractivity contribution >= 4 is 22.6 Å². The number of amides is 1. The average Bonchev–Trinajstić information content (AvgIpc) is 3.55. The second kappa shape index (κ2) is 7.85. The van der Waals surface area contributed by atoms with Crippen LogP contribution in [0, 0.1) is 5.92 Å². The first kappa shape index (κ1) is 18.2. The highest BCUT2D eigenvalue weighted by atomic mass is 16.1. The summed E-state index contributed by atoms with van der Waals surface area (Å²) >= 11 is 0. The molecule has 1 aromatic carbocycles. The van der Waals surface area contributed by atoms with Gasteiger partial charge in [0.05, 0.1) is 5.92 Å². The fraction of sp³-hybridized carbons (Fsp3) is 0.435. The summed E-state index contributed by atoms with van der Waals surface area (Å²) in [5.74, 6) is 1.76. The van der Waals surface area contributed by atoms with Crippen LogP contribution >= 0.6 is 0 Å². The minimum Gasteiger partial charge on any atom is -0.361 e. The van der Waals surface area contributed by atoms with E-state index >= 15 is 0 Å². The van der Waals surface area contributed by atoms with Gasteiger partial charge in [0.2, 0.25) is 5.91 Å². The zero-order chi connectivity index (χ0) is 19.6. The van der Waals surface area contributed by atoms with E-state index in [0.29, 0.717) is 12.5 Å². The van der Waals surface area contributed by atoms with E-state index in [4.69, 9.17) is 0 Å². The fourth-order valence-electron chi connectivity index (χ4n) is 4.34. The van der Waals surface area contributed by atoms with Crippen molar-refractivity contribution in [1.82, 2.24) is 20.3 Å². The number of nitrogens with one attached hydrogen (secondary N) is 2. The number of carbonyl (C=O) groups excluding carboxylic acids is 1. The summed E-state index contributed by atoms with van der Waals surface area (Å²) in [7, 11) is 0. The van der Waals surface area contributed by atoms with Gasteiger partial charge in [-0.3, -0.25) is 4.79 Å². The summed E-state index contributed by atoms with van der Waals surface area (Å²) in [6.07, 6.45) is 8.98. The van der Waals surface area contributed by atoms with E-state index in [0.717, 1.165) is 49.4 Å². The molecule has 2 aromatic heterocycles. The topological polar surface area (TPSA) is 73.9 Å². The molecule has 1 amide bonds. The second-order valence-electron chi connectivity index (χ2n) is 8.26. The highest BCUT2D eigenvalue weighted by molar-refractivity contribution is 5.83. The third-order valence-corrected chi connectivity index (χ3v) is 6.15. The van der Waals surface area contributed by atoms with Crippen molar-refractivity contribution in [3.05, 3.63) is 54.1 Å². The summed E-state index contributed by atoms with van der Waals surface area (Å²) in [5.41, 5.74) is 3.55. The average molecular weight is 390 g/mol. The molecular formula is C23H27N5O. The molecule has 1 aliphatic heterocycles. The van der Waals surface area contributed by atoms with Gasteiger partial charge in [-0.05, 0) is 43.7 Å². The Labute approximate surface area is 170 Å². The van der Waals surface area contributed by atoms with Crippen molar-refractivity contribution in [2.75, 3.05) is 24.5 Å². The van der Waals surface area contributed by atoms with Crippen molar-refractivity contribution in [2.45, 2.75) is 38.0 Å². The smallest absolute Gasteiger partial charge is 0.224 e. The molecule has 6 nitrogen and oxygen atoms in total. The third kappa shape index (κ3) is 3.97. The molecule has 150 valence electrons. The number of para-hydroxylation sites is 1. The van der Waals surface area contributed by atoms with Gasteiger partial charge >= 0.3 is 0 Å². The van der Waals surface area contributed by atoms with Gasteiger partial charge in [0.15, 0.2) is 0 Å². The molecule has 1 saturated carbocycles. The van der Waals surface area contributed by atoms with Crippen LogP contribution in [0.2, 0.25) is 0 Å². The molecule has 1 atom stereocenters. The first-order chi connectivity index (χ1) is 14.3. The zero-order valence-electron chi connectivity index (χ0n) is 16.6. The Morgan fingerprint density at radius 1 is 1.21 bits per heavy atom. The number of aromatic nitrogens is 3. The lowest BCUT2D eigenvalue weighted by molar-refractivity contribution is -0.125. The first-order valence-electron chi connectivity index (χ1n) is 10.7. The molecule has 0 unspecified atom stereocenters. The molecule has 0 spiro atoms. The molecule has 2 fully saturated rings. The molecular weight excluding hydrogens is 362 g/mol. The molecule has 3 heterocycles. The Morgan fingerprint density at radius 3 is 3.00 bits per heavy atom. The van der Waals surface area contributed by atoms with Crippen LogP contribution in [-0.4, -0.2) is 40.5 Å². The number of anilines is 1. The van der Waals surface area contributed by atoms with Gasteiger partial charge in [-0.25, -0.2) is 9.97 Å². The number of hydrogen-bond acceptors (Lipinski definition) is 4. The monoisotopic (exact) mass is 389 g/mol. The number of aromatic amines is 1. The van der Waals surface area contributed by atoms with E-state index in [9.17, 15) is 4.79 Å². The van der Waals surface area contributed by atoms with E-state index in [2.05, 4.69) is 49.4 Å². The number of nitrogens with zero attached hydrogens (tertiary/aromatic N) is 3. The van der Waals surface area contributed by atoms with Crippen molar-refractivity contribution in [2.24, 2.45) is 5.92 Å². The van der Waals surface area contributed by atoms with Crippen molar-refractivity contribution < 1.29 is 4.79 Å². The summed E-state index contributed by atoms with van der Waals surface area (Å²) in [5, 5.41) is 4.39. The molecule has 2 N–H and O–H groups in total. The van der Waals surface area contributed by atoms with Gasteiger partial charge in [0.25, 0.3) is 0 Å². The van der Waals surface area contributed by atoms with Gasteiger partial charge < -0.3 is 15.2 Å². The number of carbonyl (C=O) groups is 1. The molecule has 29 heavy (non-hydrogen) atoms. The molecule has 1 saturated heterocycles. The Morgan fingerprint density at radius 2 is 2.10 bits per heavy atom. The van der Waals surface area contributed by atoms with Gasteiger partial charge in [-0.1, -0.05) is 18.2 Å². The highest BCUT2D eigenvalue weighted by Crippen LogP contribution is 2.39. The van der Waals surface area contributed by atoms with E-state index in [1.54, 1.807) is 6.33 Å². The Hall–Kier alpha value is -2.89. The molecule has 1 aliphatic carbocycles. The lowest BCUT2D eigenvalue weighted by Gasteiger charge is -2.33. The summed E-state index contributed by atoms with van der Waals surface area (Å²) in [6.45, 7) is 2.36. The van der Waals surface area contributed by atoms with Gasteiger partial charge in [-0.2, -0.15) is 0 Å². The minimum absolute atomic E-state index is 0.0195. The van der Waals surface area contributed by atoms with Crippen LogP contribution in [0.25, 0.3) is 10.9 Å². The standard InChI is InChI=1S/C23H27N5O/c29-23(24-10-9-17-13-25-20-6-2-1-5-19(17)20)18-4-3-11-28(14-18)22-12-21(16-7-8-16)26-15-27-22/h1-2,5-6,12-13,15-16,18,25H,3-4,7-11,14H2,(H,24,29)/t18-/m0/s1. The number of fused-ring (bicyclic) bond motifs is 1. The fourth-order valence-corrected chi connectivity index (χ4v) is 4.34. The van der Waals surface area contributed by atoms with E-state index in [1.807, 2.05) is 12.3 Å². The number of hydrogen-bond donors (Lipinski definition) is 2. The number of rotatable bonds is 6. The van der Waals surface area contributed by atoms with Crippen molar-refractivity contribution in [1.29, 1.82) is 0 Å². The summed E-state index contributed by atoms with van der Waals surface area (Å²) in [6, 6.07) is 10.4. The lowest BCUT2D eigenvalue weighted by atomic mass is 9.97. The Balaban J connectivity index is 1.17. The SMILES string of the molecule is O=C(NCCc1c[nH]c2ccccc12)[C@H]1CCCN(c2cc(C3CC3)ncn2)C1. The summed E-state index contributed by atoms with van der Waals surface area (Å²) in [4.78, 5) is 27.2. The quantitative estimate of drug-likeness (QED) is 0.678. The second-order valence-corrected chi connectivity index (χ2v) is 8.26. The van der Waals surface area contributed by atoms with Crippen molar-refractivity contribution in [3.63, 3.8) is 0 Å². The van der Waals surface area contributed by atoms with Crippen LogP contribution in [0.15, 0.2) is 42.9 Å². The number of benzene rings is 1. The first-order valence-corrected chi connectivity index (χ1v) is 10.7. The molecule has 0 bridgehead atoms. The Bertz CT molecular complexity index is 1010. The largest absolute Gasteiger partial charge is 0.361 e. The van der Waals surface area contributed by atoms with Crippen molar-refractivity contribution in [3.8, 4) is 0 Å². The molecule has 2 aliphatic rings. The van der Waals surface area contributed by atoms with E-state index < -0.39 is 0 Å². The maximum absolute atomic E-state index is 12.8. The predicted molar refractivity (Wildman–Crippen MR) is 114 cm³/mol. The van der Waals surface area contributed by atoms with Crippen LogP contribution in [0.4, 0.5) is 5.82 Å². The molecule has 5 rings (SSSR count). The van der Waals surface area contributed by atoms with E-state index in [-0.39, 0.29) is 11.8 Å². The van der Waals surface area contributed by atoms with Gasteiger partial charge in [-0.15, -0.1) is 0 Å². The van der Waals surface area contributed by atoms with Crippen LogP contribution in [0.1, 0.15) is 42.9 Å². The third-order valence-electron chi connectivity index (χ3n) is 6.15. The van der Waals surface area contributed by atoms with Crippen LogP contribution in [0.3, 0.4) is 0 Å². The minimum atomic E-state index is 0.0195. The summed E-state index contributed by atoms with van der Waals surface area (Å²) < 4.78 is 0. The maximum atomic E-state index is 12.8. The van der Waals surface area contributed by atoms with Crippen LogP contribution < -0.4 is 10.2 Å². The number of H-pyrrole nitrogens is 1. The highest BCUT2D eigenvalue weighted by Gasteiger charge is 2.29. The lowest BCUT2D eigenvalue weighted by Crippen LogP contribution is -2.43. The van der Waals surface area contributed by atoms with Gasteiger partial charge in [0.1, 0.15) is 12.1 Å². The zero-order valence-corrected chi connectivity index (χ0v) is 16.6. The maximum Gasteiger partial charge on any atom is 0.224 e. The molecule has 3 aromatic rings. The normalized spacial score (nSPS) is 19.4. The molecule has 6 heteroatoms.